The Bertz CT molecular complexity index is 703. The molecule has 0 aliphatic heterocycles. The van der Waals surface area contributed by atoms with Crippen molar-refractivity contribution < 1.29 is 13.6 Å². The predicted octanol–water partition coefficient (Wildman–Crippen LogP) is 5.05. The van der Waals surface area contributed by atoms with Crippen LogP contribution in [0, 0.1) is 11.6 Å². The van der Waals surface area contributed by atoms with Gasteiger partial charge >= 0.3 is 0 Å². The van der Waals surface area contributed by atoms with Gasteiger partial charge in [0.2, 0.25) is 0 Å². The largest absolute Gasteiger partial charge is 0.335 e. The number of thioether (sulfide) groups is 1. The minimum atomic E-state index is -0.905. The van der Waals surface area contributed by atoms with Crippen molar-refractivity contribution in [2.45, 2.75) is 25.6 Å². The van der Waals surface area contributed by atoms with Gasteiger partial charge in [-0.15, -0.1) is 0 Å². The molecule has 2 aromatic carbocycles. The van der Waals surface area contributed by atoms with Crippen molar-refractivity contribution in [2.75, 3.05) is 12.8 Å². The summed E-state index contributed by atoms with van der Waals surface area (Å²) in [6.45, 7) is 3.90. The maximum atomic E-state index is 13.4. The number of benzene rings is 2. The van der Waals surface area contributed by atoms with Crippen molar-refractivity contribution in [3.63, 3.8) is 0 Å². The lowest BCUT2D eigenvalue weighted by Gasteiger charge is -2.25. The summed E-state index contributed by atoms with van der Waals surface area (Å²) in [4.78, 5) is 14.1. The third-order valence-electron chi connectivity index (χ3n) is 4.00. The number of halogens is 2. The molecular formula is C19H21F2NOS. The second kappa shape index (κ2) is 8.29. The van der Waals surface area contributed by atoms with E-state index in [1.807, 2.05) is 36.0 Å². The number of hydrogen-bond acceptors (Lipinski definition) is 2. The van der Waals surface area contributed by atoms with Gasteiger partial charge in [0, 0.05) is 18.4 Å². The fraction of sp³-hybridized carbons (Fsp3) is 0.316. The second-order valence-electron chi connectivity index (χ2n) is 5.60. The first kappa shape index (κ1) is 18.5. The van der Waals surface area contributed by atoms with Crippen LogP contribution >= 0.6 is 11.8 Å². The molecular weight excluding hydrogens is 328 g/mol. The van der Waals surface area contributed by atoms with Gasteiger partial charge in [0.25, 0.3) is 5.91 Å². The molecule has 0 heterocycles. The van der Waals surface area contributed by atoms with E-state index in [-0.39, 0.29) is 11.9 Å². The molecule has 0 fully saturated rings. The van der Waals surface area contributed by atoms with E-state index in [1.54, 1.807) is 14.0 Å². The Morgan fingerprint density at radius 2 is 1.79 bits per heavy atom. The highest BCUT2D eigenvalue weighted by Crippen LogP contribution is 2.23. The summed E-state index contributed by atoms with van der Waals surface area (Å²) in [6.07, 6.45) is 0. The summed E-state index contributed by atoms with van der Waals surface area (Å²) in [6, 6.07) is 10.9. The molecule has 1 amide bonds. The van der Waals surface area contributed by atoms with E-state index in [1.165, 1.54) is 16.5 Å². The summed E-state index contributed by atoms with van der Waals surface area (Å²) in [5, 5.41) is 0. The van der Waals surface area contributed by atoms with Gasteiger partial charge in [-0.1, -0.05) is 25.1 Å². The molecule has 0 aromatic heterocycles. The molecule has 1 unspecified atom stereocenters. The summed E-state index contributed by atoms with van der Waals surface area (Å²) in [5.41, 5.74) is 2.31. The first-order chi connectivity index (χ1) is 11.4. The van der Waals surface area contributed by atoms with Crippen molar-refractivity contribution in [1.29, 1.82) is 0 Å². The van der Waals surface area contributed by atoms with Crippen LogP contribution in [0.15, 0.2) is 42.5 Å². The summed E-state index contributed by atoms with van der Waals surface area (Å²) in [7, 11) is 1.66. The highest BCUT2D eigenvalue weighted by molar-refractivity contribution is 7.98. The molecule has 2 nitrogen and oxygen atoms in total. The van der Waals surface area contributed by atoms with Crippen molar-refractivity contribution >= 4 is 17.7 Å². The third-order valence-corrected chi connectivity index (χ3v) is 4.95. The van der Waals surface area contributed by atoms with E-state index in [2.05, 4.69) is 6.92 Å². The number of hydrogen-bond donors (Lipinski definition) is 0. The van der Waals surface area contributed by atoms with Gasteiger partial charge in [0.1, 0.15) is 0 Å². The Hall–Kier alpha value is -1.88. The highest BCUT2D eigenvalue weighted by Gasteiger charge is 2.20. The Balaban J connectivity index is 2.11. The van der Waals surface area contributed by atoms with Gasteiger partial charge in [-0.25, -0.2) is 8.78 Å². The molecule has 0 aliphatic carbocycles. The van der Waals surface area contributed by atoms with Crippen LogP contribution < -0.4 is 0 Å². The zero-order valence-corrected chi connectivity index (χ0v) is 14.9. The molecule has 0 radical (unpaired) electrons. The number of carbonyl (C=O) groups excluding carboxylic acids is 1. The van der Waals surface area contributed by atoms with E-state index in [0.717, 1.165) is 23.6 Å². The molecule has 2 rings (SSSR count). The Kier molecular flexibility index (Phi) is 6.37. The number of carbonyl (C=O) groups is 1. The van der Waals surface area contributed by atoms with Crippen LogP contribution in [0.2, 0.25) is 0 Å². The van der Waals surface area contributed by atoms with Gasteiger partial charge < -0.3 is 4.90 Å². The summed E-state index contributed by atoms with van der Waals surface area (Å²) < 4.78 is 26.4. The van der Waals surface area contributed by atoms with Crippen LogP contribution in [0.5, 0.6) is 0 Å². The van der Waals surface area contributed by atoms with Crippen LogP contribution in [0.25, 0.3) is 0 Å². The quantitative estimate of drug-likeness (QED) is 0.727. The number of rotatable bonds is 6. The zero-order chi connectivity index (χ0) is 17.7. The average molecular weight is 349 g/mol. The van der Waals surface area contributed by atoms with E-state index in [9.17, 15) is 13.6 Å². The Morgan fingerprint density at radius 1 is 1.12 bits per heavy atom. The van der Waals surface area contributed by atoms with Gasteiger partial charge in [0.05, 0.1) is 6.04 Å². The molecule has 5 heteroatoms. The average Bonchev–Trinajstić information content (AvgIpc) is 2.60. The van der Waals surface area contributed by atoms with Crippen molar-refractivity contribution in [1.82, 2.24) is 4.90 Å². The van der Waals surface area contributed by atoms with Gasteiger partial charge in [-0.2, -0.15) is 11.8 Å². The summed E-state index contributed by atoms with van der Waals surface area (Å²) >= 11 is 1.82. The molecule has 0 N–H and O–H groups in total. The minimum Gasteiger partial charge on any atom is -0.335 e. The van der Waals surface area contributed by atoms with Crippen LogP contribution in [-0.2, 0) is 5.75 Å². The Labute approximate surface area is 145 Å². The third kappa shape index (κ3) is 4.35. The molecule has 0 saturated carbocycles. The Morgan fingerprint density at radius 3 is 2.38 bits per heavy atom. The monoisotopic (exact) mass is 349 g/mol. The number of nitrogens with zero attached hydrogens (tertiary/aromatic N) is 1. The van der Waals surface area contributed by atoms with Crippen molar-refractivity contribution in [2.24, 2.45) is 0 Å². The van der Waals surface area contributed by atoms with Crippen LogP contribution in [-0.4, -0.2) is 23.6 Å². The topological polar surface area (TPSA) is 20.3 Å². The predicted molar refractivity (Wildman–Crippen MR) is 95.1 cm³/mol. The lowest BCUT2D eigenvalue weighted by atomic mass is 10.1. The molecule has 0 aliphatic rings. The summed E-state index contributed by atoms with van der Waals surface area (Å²) in [5.74, 6) is 0.0293. The standard InChI is InChI=1S/C19H21F2NOS/c1-4-24-12-14-5-7-15(8-6-14)19(23)22(3)13(2)16-9-10-17(20)18(21)11-16/h5-11,13H,4,12H2,1-3H3. The van der Waals surface area contributed by atoms with Gasteiger partial charge in [-0.05, 0) is 48.1 Å². The van der Waals surface area contributed by atoms with E-state index >= 15 is 0 Å². The zero-order valence-electron chi connectivity index (χ0n) is 14.1. The minimum absolute atomic E-state index is 0.151. The van der Waals surface area contributed by atoms with E-state index in [4.69, 9.17) is 0 Å². The smallest absolute Gasteiger partial charge is 0.254 e. The van der Waals surface area contributed by atoms with Crippen LogP contribution in [0.3, 0.4) is 0 Å². The molecule has 24 heavy (non-hydrogen) atoms. The van der Waals surface area contributed by atoms with Crippen molar-refractivity contribution in [3.8, 4) is 0 Å². The first-order valence-corrected chi connectivity index (χ1v) is 8.98. The fourth-order valence-corrected chi connectivity index (χ4v) is 2.97. The molecule has 128 valence electrons. The van der Waals surface area contributed by atoms with Crippen LogP contribution in [0.4, 0.5) is 8.78 Å². The molecule has 0 spiro atoms. The molecule has 2 aromatic rings. The second-order valence-corrected chi connectivity index (χ2v) is 6.87. The molecule has 0 bridgehead atoms. The van der Waals surface area contributed by atoms with E-state index < -0.39 is 11.6 Å². The normalized spacial score (nSPS) is 12.0. The molecule has 1 atom stereocenters. The lowest BCUT2D eigenvalue weighted by Crippen LogP contribution is -2.29. The maximum absolute atomic E-state index is 13.4. The van der Waals surface area contributed by atoms with Crippen molar-refractivity contribution in [3.05, 3.63) is 70.8 Å². The maximum Gasteiger partial charge on any atom is 0.254 e. The van der Waals surface area contributed by atoms with Crippen LogP contribution in [0.1, 0.15) is 41.4 Å². The number of amides is 1. The highest BCUT2D eigenvalue weighted by atomic mass is 32.2. The first-order valence-electron chi connectivity index (χ1n) is 7.82. The van der Waals surface area contributed by atoms with Gasteiger partial charge in [0.15, 0.2) is 11.6 Å². The van der Waals surface area contributed by atoms with Gasteiger partial charge in [-0.3, -0.25) is 4.79 Å². The fourth-order valence-electron chi connectivity index (χ4n) is 2.34. The SMILES string of the molecule is CCSCc1ccc(C(=O)N(C)C(C)c2ccc(F)c(F)c2)cc1. The lowest BCUT2D eigenvalue weighted by molar-refractivity contribution is 0.0742. The van der Waals surface area contributed by atoms with E-state index in [0.29, 0.717) is 11.1 Å². The molecule has 0 saturated heterocycles.